The van der Waals surface area contributed by atoms with Crippen molar-refractivity contribution in [2.75, 3.05) is 6.61 Å². The monoisotopic (exact) mass is 228 g/mol. The Kier molecular flexibility index (Phi) is 4.33. The molecule has 0 amide bonds. The molecule has 88 valence electrons. The zero-order chi connectivity index (χ0) is 12.1. The third kappa shape index (κ3) is 2.98. The number of nitro benzene ring substituents is 1. The lowest BCUT2D eigenvalue weighted by molar-refractivity contribution is -0.387. The van der Waals surface area contributed by atoms with Gasteiger partial charge in [-0.15, -0.1) is 0 Å². The predicted molar refractivity (Wildman–Crippen MR) is 56.4 cm³/mol. The summed E-state index contributed by atoms with van der Waals surface area (Å²) in [6, 6.07) is 3.84. The molecule has 0 heterocycles. The number of nitrogens with zero attached hydrogens (tertiary/aromatic N) is 1. The summed E-state index contributed by atoms with van der Waals surface area (Å²) in [7, 11) is 0. The number of hydrogen-bond acceptors (Lipinski definition) is 4. The van der Waals surface area contributed by atoms with Crippen LogP contribution in [0.25, 0.3) is 0 Å². The maximum atomic E-state index is 13.5. The highest BCUT2D eigenvalue weighted by Crippen LogP contribution is 2.19. The van der Waals surface area contributed by atoms with Crippen molar-refractivity contribution >= 4 is 5.69 Å². The Labute approximate surface area is 92.1 Å². The van der Waals surface area contributed by atoms with Gasteiger partial charge >= 0.3 is 5.69 Å². The van der Waals surface area contributed by atoms with Crippen LogP contribution in [0.2, 0.25) is 0 Å². The molecule has 0 bridgehead atoms. The summed E-state index contributed by atoms with van der Waals surface area (Å²) in [5, 5.41) is 22.1. The van der Waals surface area contributed by atoms with Gasteiger partial charge in [0.15, 0.2) is 0 Å². The minimum Gasteiger partial charge on any atom is -0.395 e. The molecule has 1 rings (SSSR count). The molecule has 5 nitrogen and oxygen atoms in total. The molecule has 16 heavy (non-hydrogen) atoms. The summed E-state index contributed by atoms with van der Waals surface area (Å²) < 4.78 is 13.5. The second-order valence-electron chi connectivity index (χ2n) is 3.47. The zero-order valence-corrected chi connectivity index (χ0v) is 8.81. The van der Waals surface area contributed by atoms with Gasteiger partial charge in [-0.1, -0.05) is 12.1 Å². The third-order valence-corrected chi connectivity index (χ3v) is 2.17. The molecule has 1 aromatic rings. The smallest absolute Gasteiger partial charge is 0.305 e. The largest absolute Gasteiger partial charge is 0.395 e. The van der Waals surface area contributed by atoms with Crippen LogP contribution >= 0.6 is 0 Å². The lowest BCUT2D eigenvalue weighted by Gasteiger charge is -2.10. The quantitative estimate of drug-likeness (QED) is 0.586. The maximum Gasteiger partial charge on any atom is 0.305 e. The molecule has 1 aromatic carbocycles. The van der Waals surface area contributed by atoms with E-state index in [9.17, 15) is 14.5 Å². The number of nitrogens with one attached hydrogen (secondary N) is 1. The van der Waals surface area contributed by atoms with Crippen molar-refractivity contribution in [2.45, 2.75) is 19.5 Å². The zero-order valence-electron chi connectivity index (χ0n) is 8.81. The molecule has 0 aliphatic heterocycles. The van der Waals surface area contributed by atoms with Crippen molar-refractivity contribution in [3.63, 3.8) is 0 Å². The van der Waals surface area contributed by atoms with Crippen LogP contribution < -0.4 is 5.32 Å². The highest BCUT2D eigenvalue weighted by atomic mass is 19.1. The molecule has 0 aliphatic rings. The molecule has 2 N–H and O–H groups in total. The molecule has 0 fully saturated rings. The first-order valence-corrected chi connectivity index (χ1v) is 4.82. The van der Waals surface area contributed by atoms with E-state index in [0.29, 0.717) is 0 Å². The molecule has 0 radical (unpaired) electrons. The summed E-state index contributed by atoms with van der Waals surface area (Å²) in [6.07, 6.45) is 0. The lowest BCUT2D eigenvalue weighted by atomic mass is 10.1. The van der Waals surface area contributed by atoms with Gasteiger partial charge in [0.25, 0.3) is 0 Å². The molecule has 0 aliphatic carbocycles. The van der Waals surface area contributed by atoms with Crippen LogP contribution in [-0.2, 0) is 6.54 Å². The molecular weight excluding hydrogens is 215 g/mol. The second-order valence-corrected chi connectivity index (χ2v) is 3.47. The topological polar surface area (TPSA) is 75.4 Å². The van der Waals surface area contributed by atoms with Gasteiger partial charge in [-0.3, -0.25) is 10.1 Å². The Morgan fingerprint density at radius 1 is 1.62 bits per heavy atom. The van der Waals surface area contributed by atoms with E-state index in [2.05, 4.69) is 5.32 Å². The van der Waals surface area contributed by atoms with E-state index in [1.165, 1.54) is 12.1 Å². The third-order valence-electron chi connectivity index (χ3n) is 2.17. The minimum absolute atomic E-state index is 0.0729. The fraction of sp³-hybridized carbons (Fsp3) is 0.400. The number of hydrogen-bond donors (Lipinski definition) is 2. The van der Waals surface area contributed by atoms with Crippen LogP contribution in [0.1, 0.15) is 12.5 Å². The van der Waals surface area contributed by atoms with Crippen LogP contribution in [0.4, 0.5) is 10.1 Å². The summed E-state index contributed by atoms with van der Waals surface area (Å²) >= 11 is 0. The first-order valence-electron chi connectivity index (χ1n) is 4.82. The van der Waals surface area contributed by atoms with E-state index in [1.54, 1.807) is 6.92 Å². The van der Waals surface area contributed by atoms with Gasteiger partial charge in [-0.25, -0.2) is 0 Å². The summed E-state index contributed by atoms with van der Waals surface area (Å²) in [4.78, 5) is 9.72. The summed E-state index contributed by atoms with van der Waals surface area (Å²) in [6.45, 7) is 1.81. The predicted octanol–water partition coefficient (Wildman–Crippen LogP) is 1.20. The van der Waals surface area contributed by atoms with E-state index in [-0.39, 0.29) is 24.8 Å². The van der Waals surface area contributed by atoms with Crippen molar-refractivity contribution < 1.29 is 14.4 Å². The van der Waals surface area contributed by atoms with Crippen molar-refractivity contribution in [1.82, 2.24) is 5.32 Å². The number of aliphatic hydroxyl groups excluding tert-OH is 1. The van der Waals surface area contributed by atoms with Crippen molar-refractivity contribution in [3.8, 4) is 0 Å². The number of rotatable bonds is 5. The Morgan fingerprint density at radius 3 is 2.88 bits per heavy atom. The molecule has 0 saturated heterocycles. The number of nitro groups is 1. The van der Waals surface area contributed by atoms with Crippen molar-refractivity contribution in [1.29, 1.82) is 0 Å². The Bertz CT molecular complexity index is 384. The molecular formula is C10H13FN2O3. The van der Waals surface area contributed by atoms with Crippen molar-refractivity contribution in [2.24, 2.45) is 0 Å². The highest BCUT2D eigenvalue weighted by Gasteiger charge is 2.16. The van der Waals surface area contributed by atoms with E-state index < -0.39 is 16.4 Å². The van der Waals surface area contributed by atoms with E-state index in [0.717, 1.165) is 6.07 Å². The highest BCUT2D eigenvalue weighted by molar-refractivity contribution is 5.36. The van der Waals surface area contributed by atoms with Crippen LogP contribution in [0.5, 0.6) is 0 Å². The van der Waals surface area contributed by atoms with E-state index in [1.807, 2.05) is 0 Å². The van der Waals surface area contributed by atoms with Crippen LogP contribution in [0, 0.1) is 15.9 Å². The van der Waals surface area contributed by atoms with Crippen molar-refractivity contribution in [3.05, 3.63) is 39.7 Å². The first-order chi connectivity index (χ1) is 7.56. The molecule has 0 spiro atoms. The fourth-order valence-corrected chi connectivity index (χ4v) is 1.19. The molecule has 1 atom stereocenters. The van der Waals surface area contributed by atoms with Gasteiger partial charge in [-0.2, -0.15) is 4.39 Å². The Morgan fingerprint density at radius 2 is 2.31 bits per heavy atom. The average molecular weight is 228 g/mol. The number of aliphatic hydroxyl groups is 1. The SMILES string of the molecule is CC(CO)NCc1cccc([N+](=O)[O-])c1F. The molecule has 6 heteroatoms. The van der Waals surface area contributed by atoms with Gasteiger partial charge in [0.1, 0.15) is 0 Å². The number of benzene rings is 1. The fourth-order valence-electron chi connectivity index (χ4n) is 1.19. The van der Waals surface area contributed by atoms with Crippen LogP contribution in [-0.4, -0.2) is 22.7 Å². The van der Waals surface area contributed by atoms with Crippen LogP contribution in [0.3, 0.4) is 0 Å². The molecule has 0 aromatic heterocycles. The van der Waals surface area contributed by atoms with Gasteiger partial charge in [0.05, 0.1) is 11.5 Å². The first kappa shape index (κ1) is 12.5. The van der Waals surface area contributed by atoms with Gasteiger partial charge in [0, 0.05) is 24.2 Å². The van der Waals surface area contributed by atoms with Gasteiger partial charge in [-0.05, 0) is 6.92 Å². The summed E-state index contributed by atoms with van der Waals surface area (Å²) in [5.41, 5.74) is -0.314. The van der Waals surface area contributed by atoms with Crippen LogP contribution in [0.15, 0.2) is 18.2 Å². The second kappa shape index (κ2) is 5.53. The summed E-state index contributed by atoms with van der Waals surface area (Å²) in [5.74, 6) is -0.829. The molecule has 0 saturated carbocycles. The Balaban J connectivity index is 2.81. The van der Waals surface area contributed by atoms with Gasteiger partial charge < -0.3 is 10.4 Å². The normalized spacial score (nSPS) is 12.4. The molecule has 1 unspecified atom stereocenters. The standard InChI is InChI=1S/C10H13FN2O3/c1-7(6-14)12-5-8-3-2-4-9(10(8)11)13(15)16/h2-4,7,12,14H,5-6H2,1H3. The number of halogens is 1. The average Bonchev–Trinajstić information content (AvgIpc) is 2.26. The maximum absolute atomic E-state index is 13.5. The minimum atomic E-state index is -0.829. The van der Waals surface area contributed by atoms with E-state index >= 15 is 0 Å². The van der Waals surface area contributed by atoms with E-state index in [4.69, 9.17) is 5.11 Å². The van der Waals surface area contributed by atoms with Gasteiger partial charge in [0.2, 0.25) is 5.82 Å². The Hall–Kier alpha value is -1.53. The lowest BCUT2D eigenvalue weighted by Crippen LogP contribution is -2.29.